The van der Waals surface area contributed by atoms with Crippen molar-refractivity contribution in [1.29, 1.82) is 5.41 Å². The summed E-state index contributed by atoms with van der Waals surface area (Å²) < 4.78 is 0. The molecule has 1 heterocycles. The highest BCUT2D eigenvalue weighted by Gasteiger charge is 2.50. The summed E-state index contributed by atoms with van der Waals surface area (Å²) in [4.78, 5) is 23.6. The number of carboxylic acid groups (broad SMARTS) is 1. The molecule has 1 amide bonds. The van der Waals surface area contributed by atoms with Crippen LogP contribution in [0.15, 0.2) is 30.3 Å². The minimum Gasteiger partial charge on any atom is -0.621 e. The Bertz CT molecular complexity index is 609. The Hall–Kier alpha value is -2.49. The first-order chi connectivity index (χ1) is 11.4. The van der Waals surface area contributed by atoms with Gasteiger partial charge in [-0.3, -0.25) is 20.6 Å². The predicted molar refractivity (Wildman–Crippen MR) is 86.4 cm³/mol. The van der Waals surface area contributed by atoms with Gasteiger partial charge in [0.1, 0.15) is 17.8 Å². The fraction of sp³-hybridized carbons (Fsp3) is 0.400. The van der Waals surface area contributed by atoms with Crippen LogP contribution in [0.3, 0.4) is 0 Å². The van der Waals surface area contributed by atoms with Gasteiger partial charge >= 0.3 is 11.9 Å². The number of amides is 1. The summed E-state index contributed by atoms with van der Waals surface area (Å²) in [6, 6.07) is 6.54. The molecule has 1 aliphatic rings. The van der Waals surface area contributed by atoms with Crippen molar-refractivity contribution >= 4 is 23.5 Å². The van der Waals surface area contributed by atoms with E-state index in [1.807, 2.05) is 0 Å². The predicted octanol–water partition coefficient (Wildman–Crippen LogP) is -1.47. The summed E-state index contributed by atoms with van der Waals surface area (Å²) in [6.07, 6.45) is 0.974. The second kappa shape index (κ2) is 7.86. The van der Waals surface area contributed by atoms with Gasteiger partial charge in [-0.05, 0) is 25.0 Å². The number of guanidine groups is 1. The smallest absolute Gasteiger partial charge is 0.334 e. The molecule has 9 nitrogen and oxygen atoms in total. The van der Waals surface area contributed by atoms with Crippen molar-refractivity contribution in [3.63, 3.8) is 0 Å². The van der Waals surface area contributed by atoms with Crippen molar-refractivity contribution in [3.05, 3.63) is 35.5 Å². The summed E-state index contributed by atoms with van der Waals surface area (Å²) in [5.74, 6) is -2.29. The number of hydrogen-bond acceptors (Lipinski definition) is 5. The number of carboxylic acids is 1. The highest BCUT2D eigenvalue weighted by atomic mass is 16.5. The summed E-state index contributed by atoms with van der Waals surface area (Å²) in [7, 11) is 0. The summed E-state index contributed by atoms with van der Waals surface area (Å²) >= 11 is 0. The minimum atomic E-state index is -1.05. The Morgan fingerprint density at radius 2 is 2.00 bits per heavy atom. The van der Waals surface area contributed by atoms with Crippen molar-refractivity contribution in [2.75, 3.05) is 6.54 Å². The number of nitrogens with two attached hydrogens (primary N) is 1. The second-order valence-electron chi connectivity index (χ2n) is 5.67. The molecule has 9 heteroatoms. The lowest BCUT2D eigenvalue weighted by Crippen LogP contribution is -3.08. The molecule has 2 rings (SSSR count). The number of hydrogen-bond donors (Lipinski definition) is 6. The van der Waals surface area contributed by atoms with Crippen LogP contribution in [0.4, 0.5) is 5.69 Å². The minimum absolute atomic E-state index is 0.164. The van der Waals surface area contributed by atoms with E-state index in [0.29, 0.717) is 25.1 Å². The van der Waals surface area contributed by atoms with Crippen LogP contribution in [0.1, 0.15) is 12.8 Å². The van der Waals surface area contributed by atoms with Gasteiger partial charge in [-0.2, -0.15) is 0 Å². The average molecular weight is 335 g/mol. The molecule has 0 bridgehead atoms. The summed E-state index contributed by atoms with van der Waals surface area (Å²) in [5.41, 5.74) is 5.47. The van der Waals surface area contributed by atoms with E-state index in [1.54, 1.807) is 30.3 Å². The normalized spacial score (nSPS) is 23.8. The van der Waals surface area contributed by atoms with Gasteiger partial charge in [0.25, 0.3) is 0 Å². The zero-order chi connectivity index (χ0) is 17.7. The van der Waals surface area contributed by atoms with Crippen LogP contribution < -0.4 is 21.4 Å². The standard InChI is InChI=1S/C15H21N5O4/c16-15(17)18-8-4-7-10-11(19-12(10)14(22)23)13(21)20(24)9-5-2-1-3-6-9/h1-3,5-6,10-12,19-20H,4,7-8H2,(H,22,23)(H4,16,17,18)/t10-,11?,12+/m1/s1. The van der Waals surface area contributed by atoms with Crippen LogP contribution in [0.25, 0.3) is 0 Å². The molecule has 7 N–H and O–H groups in total. The van der Waals surface area contributed by atoms with Crippen LogP contribution in [0, 0.1) is 16.5 Å². The molecule has 24 heavy (non-hydrogen) atoms. The Kier molecular flexibility index (Phi) is 5.85. The number of para-hydroxylation sites is 1. The van der Waals surface area contributed by atoms with E-state index in [4.69, 9.17) is 11.1 Å². The Morgan fingerprint density at radius 3 is 2.58 bits per heavy atom. The highest BCUT2D eigenvalue weighted by molar-refractivity contribution is 5.84. The lowest BCUT2D eigenvalue weighted by molar-refractivity contribution is -0.691. The maximum absolute atomic E-state index is 12.4. The van der Waals surface area contributed by atoms with Gasteiger partial charge in [0.05, 0.1) is 0 Å². The van der Waals surface area contributed by atoms with Crippen LogP contribution in [-0.4, -0.2) is 41.6 Å². The van der Waals surface area contributed by atoms with E-state index >= 15 is 0 Å². The largest absolute Gasteiger partial charge is 0.621 e. The molecule has 1 aliphatic heterocycles. The van der Waals surface area contributed by atoms with Crippen LogP contribution in [0.2, 0.25) is 0 Å². The number of quaternary nitrogens is 1. The lowest BCUT2D eigenvalue weighted by atomic mass is 9.78. The van der Waals surface area contributed by atoms with Crippen LogP contribution >= 0.6 is 0 Å². The van der Waals surface area contributed by atoms with Gasteiger partial charge in [-0.15, -0.1) is 0 Å². The molecule has 1 aromatic rings. The number of carbonyl (C=O) groups is 2. The highest BCUT2D eigenvalue weighted by Crippen LogP contribution is 2.26. The van der Waals surface area contributed by atoms with E-state index in [1.165, 1.54) is 0 Å². The molecule has 0 aliphatic carbocycles. The van der Waals surface area contributed by atoms with Gasteiger partial charge in [-0.1, -0.05) is 18.2 Å². The zero-order valence-electron chi connectivity index (χ0n) is 13.0. The SMILES string of the molecule is N=C(N)NCCC[C@@H]1C(C(=O)[NH+]([O-])c2ccccc2)N[C@@H]1C(=O)O. The van der Waals surface area contributed by atoms with Crippen molar-refractivity contribution in [2.24, 2.45) is 11.7 Å². The third-order valence-corrected chi connectivity index (χ3v) is 4.05. The average Bonchev–Trinajstić information content (AvgIpc) is 2.53. The fourth-order valence-corrected chi connectivity index (χ4v) is 2.81. The van der Waals surface area contributed by atoms with Crippen molar-refractivity contribution in [2.45, 2.75) is 24.9 Å². The molecule has 130 valence electrons. The lowest BCUT2D eigenvalue weighted by Gasteiger charge is -2.43. The Morgan fingerprint density at radius 1 is 1.33 bits per heavy atom. The van der Waals surface area contributed by atoms with E-state index in [-0.39, 0.29) is 5.96 Å². The third-order valence-electron chi connectivity index (χ3n) is 4.05. The number of carbonyl (C=O) groups excluding carboxylic acids is 1. The maximum Gasteiger partial charge on any atom is 0.334 e. The van der Waals surface area contributed by atoms with Crippen LogP contribution in [0.5, 0.6) is 0 Å². The van der Waals surface area contributed by atoms with Crippen molar-refractivity contribution in [3.8, 4) is 0 Å². The molecule has 0 spiro atoms. The molecule has 0 saturated carbocycles. The first-order valence-electron chi connectivity index (χ1n) is 7.62. The van der Waals surface area contributed by atoms with Gasteiger partial charge in [0.15, 0.2) is 5.96 Å². The number of hydroxylamine groups is 1. The first-order valence-corrected chi connectivity index (χ1v) is 7.62. The number of rotatable bonds is 7. The van der Waals surface area contributed by atoms with Gasteiger partial charge in [0, 0.05) is 12.5 Å². The summed E-state index contributed by atoms with van der Waals surface area (Å²) in [6.45, 7) is 0.408. The molecule has 1 fully saturated rings. The van der Waals surface area contributed by atoms with Crippen molar-refractivity contribution in [1.82, 2.24) is 10.6 Å². The maximum atomic E-state index is 12.4. The zero-order valence-corrected chi connectivity index (χ0v) is 13.0. The van der Waals surface area contributed by atoms with E-state index in [9.17, 15) is 19.9 Å². The quantitative estimate of drug-likeness (QED) is 0.154. The summed E-state index contributed by atoms with van der Waals surface area (Å²) in [5, 5.41) is 33.1. The Labute approximate surface area is 138 Å². The number of aliphatic carboxylic acids is 1. The molecule has 0 radical (unpaired) electrons. The molecule has 0 aromatic heterocycles. The Balaban J connectivity index is 1.98. The monoisotopic (exact) mass is 335 g/mol. The molecular formula is C15H21N5O4. The second-order valence-corrected chi connectivity index (χ2v) is 5.67. The van der Waals surface area contributed by atoms with E-state index in [0.717, 1.165) is 0 Å². The molecule has 1 saturated heterocycles. The molecule has 2 unspecified atom stereocenters. The topological polar surface area (TPSA) is 156 Å². The van der Waals surface area contributed by atoms with Crippen molar-refractivity contribution < 1.29 is 19.8 Å². The van der Waals surface area contributed by atoms with Gasteiger partial charge in [0.2, 0.25) is 0 Å². The molecule has 4 atom stereocenters. The number of benzene rings is 1. The van der Waals surface area contributed by atoms with E-state index < -0.39 is 34.9 Å². The van der Waals surface area contributed by atoms with Gasteiger partial charge < -0.3 is 21.4 Å². The third kappa shape index (κ3) is 4.07. The first kappa shape index (κ1) is 17.9. The molecular weight excluding hydrogens is 314 g/mol. The fourth-order valence-electron chi connectivity index (χ4n) is 2.81. The number of nitrogens with one attached hydrogen (secondary N) is 4. The molecule has 1 aromatic carbocycles. The van der Waals surface area contributed by atoms with Crippen LogP contribution in [-0.2, 0) is 9.59 Å². The van der Waals surface area contributed by atoms with E-state index in [2.05, 4.69) is 10.6 Å². The van der Waals surface area contributed by atoms with Gasteiger partial charge in [-0.25, -0.2) is 4.79 Å².